The Bertz CT molecular complexity index is 523. The highest BCUT2D eigenvalue weighted by molar-refractivity contribution is 7.94. The molecule has 0 spiro atoms. The molecule has 7 heteroatoms. The molecule has 2 rings (SSSR count). The van der Waals surface area contributed by atoms with Gasteiger partial charge in [0.25, 0.3) is 0 Å². The molecule has 0 unspecified atom stereocenters. The first kappa shape index (κ1) is 17.2. The van der Waals surface area contributed by atoms with Gasteiger partial charge in [-0.15, -0.1) is 0 Å². The summed E-state index contributed by atoms with van der Waals surface area (Å²) in [5, 5.41) is 0. The number of nitrogens with zero attached hydrogens (tertiary/aromatic N) is 1. The average molecular weight is 329 g/mol. The van der Waals surface area contributed by atoms with Crippen LogP contribution in [-0.4, -0.2) is 36.4 Å². The van der Waals surface area contributed by atoms with E-state index < -0.39 is 24.5 Å². The van der Waals surface area contributed by atoms with Gasteiger partial charge in [0.2, 0.25) is 5.91 Å². The van der Waals surface area contributed by atoms with Crippen LogP contribution < -0.4 is 0 Å². The molecule has 1 aliphatic heterocycles. The maximum Gasteiger partial charge on any atom is 0.222 e. The largest absolute Gasteiger partial charge is 0.346 e. The molecule has 1 fully saturated rings. The maximum absolute atomic E-state index is 13.5. The van der Waals surface area contributed by atoms with Crippen molar-refractivity contribution < 1.29 is 23.1 Å². The van der Waals surface area contributed by atoms with Crippen molar-refractivity contribution in [3.8, 4) is 0 Å². The van der Waals surface area contributed by atoms with E-state index in [2.05, 4.69) is 4.89 Å². The van der Waals surface area contributed by atoms with E-state index in [1.165, 1.54) is 18.9 Å². The third-order valence-corrected chi connectivity index (χ3v) is 4.25. The highest BCUT2D eigenvalue weighted by Gasteiger charge is 2.49. The standard InChI is InChI=1S/C15H20FNO4S/c1-10(18)17-13(9-16)14(20-15(17,2)3)11-5-7-12(8-6-11)22-21-19-4/h5-8,13-14H,9H2,1-4H3/t13-,14-/m1/s1. The fourth-order valence-electron chi connectivity index (χ4n) is 2.82. The number of benzene rings is 1. The van der Waals surface area contributed by atoms with Crippen molar-refractivity contribution in [1.29, 1.82) is 0 Å². The number of hydrogen-bond donors (Lipinski definition) is 0. The van der Waals surface area contributed by atoms with Crippen molar-refractivity contribution in [3.05, 3.63) is 29.8 Å². The zero-order valence-corrected chi connectivity index (χ0v) is 13.9. The van der Waals surface area contributed by atoms with Crippen molar-refractivity contribution in [2.24, 2.45) is 0 Å². The molecule has 22 heavy (non-hydrogen) atoms. The van der Waals surface area contributed by atoms with E-state index in [1.54, 1.807) is 13.8 Å². The average Bonchev–Trinajstić information content (AvgIpc) is 2.76. The Morgan fingerprint density at radius 3 is 2.55 bits per heavy atom. The zero-order chi connectivity index (χ0) is 16.3. The Morgan fingerprint density at radius 2 is 2.05 bits per heavy atom. The van der Waals surface area contributed by atoms with Gasteiger partial charge in [-0.25, -0.2) is 9.28 Å². The van der Waals surface area contributed by atoms with Crippen LogP contribution in [0.15, 0.2) is 29.2 Å². The van der Waals surface area contributed by atoms with Gasteiger partial charge in [0.15, 0.2) is 0 Å². The molecule has 0 bridgehead atoms. The predicted molar refractivity (Wildman–Crippen MR) is 80.6 cm³/mol. The molecule has 1 aliphatic rings. The van der Waals surface area contributed by atoms with E-state index >= 15 is 0 Å². The van der Waals surface area contributed by atoms with Crippen LogP contribution in [0.1, 0.15) is 32.4 Å². The van der Waals surface area contributed by atoms with Crippen molar-refractivity contribution in [1.82, 2.24) is 4.90 Å². The van der Waals surface area contributed by atoms with Crippen molar-refractivity contribution in [3.63, 3.8) is 0 Å². The van der Waals surface area contributed by atoms with Crippen molar-refractivity contribution in [2.75, 3.05) is 13.8 Å². The Labute approximate surface area is 133 Å². The maximum atomic E-state index is 13.5. The van der Waals surface area contributed by atoms with Crippen LogP contribution in [-0.2, 0) is 18.8 Å². The van der Waals surface area contributed by atoms with E-state index in [9.17, 15) is 9.18 Å². The number of carbonyl (C=O) groups excluding carboxylic acids is 1. The molecule has 122 valence electrons. The summed E-state index contributed by atoms with van der Waals surface area (Å²) in [4.78, 5) is 18.7. The first-order valence-electron chi connectivity index (χ1n) is 6.91. The van der Waals surface area contributed by atoms with Gasteiger partial charge in [0.1, 0.15) is 18.5 Å². The first-order chi connectivity index (χ1) is 10.4. The lowest BCUT2D eigenvalue weighted by Crippen LogP contribution is -2.47. The number of amides is 1. The minimum Gasteiger partial charge on any atom is -0.346 e. The SMILES string of the molecule is COOSc1ccc([C@H]2OC(C)(C)N(C(C)=O)[C@@H]2CF)cc1. The lowest BCUT2D eigenvalue weighted by Gasteiger charge is -2.31. The molecule has 0 aliphatic carbocycles. The second kappa shape index (κ2) is 6.95. The second-order valence-electron chi connectivity index (χ2n) is 5.48. The van der Waals surface area contributed by atoms with Gasteiger partial charge in [0.05, 0.1) is 25.2 Å². The van der Waals surface area contributed by atoms with E-state index in [4.69, 9.17) is 9.07 Å². The molecule has 1 aromatic carbocycles. The van der Waals surface area contributed by atoms with Gasteiger partial charge in [0, 0.05) is 11.8 Å². The lowest BCUT2D eigenvalue weighted by molar-refractivity contribution is -0.160. The summed E-state index contributed by atoms with van der Waals surface area (Å²) in [6, 6.07) is 6.73. The first-order valence-corrected chi connectivity index (χ1v) is 7.66. The van der Waals surface area contributed by atoms with Gasteiger partial charge in [-0.2, -0.15) is 4.33 Å². The molecule has 0 saturated carbocycles. The molecular weight excluding hydrogens is 309 g/mol. The van der Waals surface area contributed by atoms with Gasteiger partial charge in [-0.05, 0) is 31.5 Å². The Morgan fingerprint density at radius 1 is 1.41 bits per heavy atom. The highest BCUT2D eigenvalue weighted by Crippen LogP contribution is 2.41. The van der Waals surface area contributed by atoms with E-state index in [0.717, 1.165) is 22.5 Å². The molecule has 5 nitrogen and oxygen atoms in total. The molecule has 1 heterocycles. The van der Waals surface area contributed by atoms with Gasteiger partial charge >= 0.3 is 0 Å². The van der Waals surface area contributed by atoms with Crippen LogP contribution in [0, 0.1) is 0 Å². The number of rotatable bonds is 5. The molecule has 2 atom stereocenters. The third-order valence-electron chi connectivity index (χ3n) is 3.58. The van der Waals surface area contributed by atoms with Crippen LogP contribution in [0.5, 0.6) is 0 Å². The summed E-state index contributed by atoms with van der Waals surface area (Å²) in [5.74, 6) is -0.198. The normalized spacial score (nSPS) is 23.8. The lowest BCUT2D eigenvalue weighted by atomic mass is 10.0. The summed E-state index contributed by atoms with van der Waals surface area (Å²) in [7, 11) is 1.43. The molecule has 0 radical (unpaired) electrons. The van der Waals surface area contributed by atoms with Crippen molar-refractivity contribution >= 4 is 17.9 Å². The van der Waals surface area contributed by atoms with Gasteiger partial charge < -0.3 is 9.64 Å². The molecule has 1 saturated heterocycles. The highest BCUT2D eigenvalue weighted by atomic mass is 32.2. The van der Waals surface area contributed by atoms with E-state index in [1.807, 2.05) is 24.3 Å². The smallest absolute Gasteiger partial charge is 0.222 e. The summed E-state index contributed by atoms with van der Waals surface area (Å²) in [5.41, 5.74) is -0.0129. The molecular formula is C15H20FNO4S. The Hall–Kier alpha value is -1.15. The molecule has 0 aromatic heterocycles. The molecule has 1 amide bonds. The zero-order valence-electron chi connectivity index (χ0n) is 13.0. The topological polar surface area (TPSA) is 48.0 Å². The minimum atomic E-state index is -0.833. The van der Waals surface area contributed by atoms with Crippen LogP contribution in [0.25, 0.3) is 0 Å². The van der Waals surface area contributed by atoms with Crippen LogP contribution in [0.2, 0.25) is 0 Å². The van der Waals surface area contributed by atoms with E-state index in [0.29, 0.717) is 0 Å². The number of alkyl halides is 1. The molecule has 0 N–H and O–H groups in total. The number of carbonyl (C=O) groups is 1. The van der Waals surface area contributed by atoms with Crippen LogP contribution >= 0.6 is 12.0 Å². The predicted octanol–water partition coefficient (Wildman–Crippen LogP) is 3.27. The second-order valence-corrected chi connectivity index (χ2v) is 6.26. The fraction of sp³-hybridized carbons (Fsp3) is 0.533. The monoisotopic (exact) mass is 329 g/mol. The Kier molecular flexibility index (Phi) is 5.44. The van der Waals surface area contributed by atoms with Crippen LogP contribution in [0.4, 0.5) is 4.39 Å². The summed E-state index contributed by atoms with van der Waals surface area (Å²) in [6.45, 7) is 4.32. The quantitative estimate of drug-likeness (QED) is 0.471. The van der Waals surface area contributed by atoms with Crippen LogP contribution in [0.3, 0.4) is 0 Å². The number of ether oxygens (including phenoxy) is 1. The number of halogens is 1. The minimum absolute atomic E-state index is 0.198. The summed E-state index contributed by atoms with van der Waals surface area (Å²) in [6.07, 6.45) is -0.494. The van der Waals surface area contributed by atoms with E-state index in [-0.39, 0.29) is 5.91 Å². The van der Waals surface area contributed by atoms with Gasteiger partial charge in [-0.3, -0.25) is 4.79 Å². The Balaban J connectivity index is 2.22. The third kappa shape index (κ3) is 3.43. The molecule has 1 aromatic rings. The number of hydrogen-bond acceptors (Lipinski definition) is 5. The summed E-state index contributed by atoms with van der Waals surface area (Å²) >= 11 is 1.08. The summed E-state index contributed by atoms with van der Waals surface area (Å²) < 4.78 is 24.2. The van der Waals surface area contributed by atoms with Crippen molar-refractivity contribution in [2.45, 2.75) is 43.5 Å². The van der Waals surface area contributed by atoms with Gasteiger partial charge in [-0.1, -0.05) is 12.1 Å². The fourth-order valence-corrected chi connectivity index (χ4v) is 3.21.